The van der Waals surface area contributed by atoms with Gasteiger partial charge in [0.2, 0.25) is 5.91 Å². The van der Waals surface area contributed by atoms with Crippen LogP contribution in [0.4, 0.5) is 0 Å². The Bertz CT molecular complexity index is 235. The van der Waals surface area contributed by atoms with Gasteiger partial charge in [-0.15, -0.1) is 0 Å². The lowest BCUT2D eigenvalue weighted by atomic mass is 9.97. The largest absolute Gasteiger partial charge is 0.355 e. The molecule has 2 atom stereocenters. The Kier molecular flexibility index (Phi) is 2.52. The Morgan fingerprint density at radius 1 is 1.50 bits per heavy atom. The van der Waals surface area contributed by atoms with Gasteiger partial charge >= 0.3 is 0 Å². The van der Waals surface area contributed by atoms with E-state index in [0.29, 0.717) is 11.3 Å². The molecule has 3 nitrogen and oxygen atoms in total. The predicted octanol–water partition coefficient (Wildman–Crippen LogP) is 0.758. The van der Waals surface area contributed by atoms with E-state index in [9.17, 15) is 4.79 Å². The summed E-state index contributed by atoms with van der Waals surface area (Å²) in [7, 11) is 0. The molecule has 0 bridgehead atoms. The number of carbonyl (C=O) groups excluding carboxylic acids is 1. The van der Waals surface area contributed by atoms with Crippen LogP contribution in [0, 0.1) is 17.3 Å². The molecule has 1 saturated heterocycles. The molecule has 1 aliphatic heterocycles. The summed E-state index contributed by atoms with van der Waals surface area (Å²) in [6.45, 7) is 7.08. The van der Waals surface area contributed by atoms with Gasteiger partial charge in [0.25, 0.3) is 0 Å². The van der Waals surface area contributed by atoms with Crippen LogP contribution in [0.3, 0.4) is 0 Å². The van der Waals surface area contributed by atoms with Crippen LogP contribution in [-0.2, 0) is 4.79 Å². The predicted molar refractivity (Wildman–Crippen MR) is 55.9 cm³/mol. The van der Waals surface area contributed by atoms with E-state index < -0.39 is 0 Å². The van der Waals surface area contributed by atoms with Gasteiger partial charge in [-0.2, -0.15) is 0 Å². The third-order valence-electron chi connectivity index (χ3n) is 3.65. The minimum atomic E-state index is 0.192. The van der Waals surface area contributed by atoms with Crippen molar-refractivity contribution in [1.29, 1.82) is 0 Å². The normalized spacial score (nSPS) is 34.1. The van der Waals surface area contributed by atoms with Crippen LogP contribution in [0.25, 0.3) is 0 Å². The molecule has 3 heteroatoms. The van der Waals surface area contributed by atoms with Crippen molar-refractivity contribution in [2.24, 2.45) is 17.3 Å². The van der Waals surface area contributed by atoms with E-state index in [1.165, 1.54) is 12.8 Å². The molecule has 1 amide bonds. The van der Waals surface area contributed by atoms with Crippen molar-refractivity contribution >= 4 is 5.91 Å². The van der Waals surface area contributed by atoms with Crippen LogP contribution < -0.4 is 10.6 Å². The number of carbonyl (C=O) groups is 1. The van der Waals surface area contributed by atoms with Crippen LogP contribution in [0.2, 0.25) is 0 Å². The van der Waals surface area contributed by atoms with E-state index in [1.54, 1.807) is 0 Å². The Labute approximate surface area is 85.6 Å². The second-order valence-corrected chi connectivity index (χ2v) is 5.27. The number of nitrogens with one attached hydrogen (secondary N) is 2. The summed E-state index contributed by atoms with van der Waals surface area (Å²) in [5, 5.41) is 6.33. The molecule has 2 aliphatic rings. The number of rotatable bonds is 3. The first-order chi connectivity index (χ1) is 6.61. The van der Waals surface area contributed by atoms with Crippen molar-refractivity contribution < 1.29 is 4.79 Å². The lowest BCUT2D eigenvalue weighted by Crippen LogP contribution is -2.37. The van der Waals surface area contributed by atoms with E-state index in [0.717, 1.165) is 19.6 Å². The zero-order chi connectivity index (χ0) is 10.2. The fourth-order valence-corrected chi connectivity index (χ4v) is 1.98. The highest BCUT2D eigenvalue weighted by Gasteiger charge is 2.38. The van der Waals surface area contributed by atoms with Crippen molar-refractivity contribution in [3.8, 4) is 0 Å². The Morgan fingerprint density at radius 3 is 2.71 bits per heavy atom. The minimum absolute atomic E-state index is 0.192. The van der Waals surface area contributed by atoms with Crippen LogP contribution in [0.5, 0.6) is 0 Å². The molecule has 0 spiro atoms. The average molecular weight is 196 g/mol. The Balaban J connectivity index is 1.77. The van der Waals surface area contributed by atoms with Gasteiger partial charge in [-0.05, 0) is 30.7 Å². The van der Waals surface area contributed by atoms with Crippen LogP contribution in [-0.4, -0.2) is 25.5 Å². The molecule has 2 fully saturated rings. The topological polar surface area (TPSA) is 41.1 Å². The molecule has 1 heterocycles. The molecule has 0 aromatic rings. The smallest absolute Gasteiger partial charge is 0.224 e. The zero-order valence-corrected chi connectivity index (χ0v) is 9.10. The summed E-state index contributed by atoms with van der Waals surface area (Å²) in [6, 6.07) is 0. The second-order valence-electron chi connectivity index (χ2n) is 5.27. The highest BCUT2D eigenvalue weighted by Crippen LogP contribution is 2.44. The molecule has 0 aromatic carbocycles. The molecule has 1 aliphatic carbocycles. The van der Waals surface area contributed by atoms with E-state index in [-0.39, 0.29) is 11.8 Å². The molecule has 14 heavy (non-hydrogen) atoms. The number of amides is 1. The molecule has 80 valence electrons. The molecular weight excluding hydrogens is 176 g/mol. The first-order valence-electron chi connectivity index (χ1n) is 5.59. The van der Waals surface area contributed by atoms with Gasteiger partial charge in [0.15, 0.2) is 0 Å². The van der Waals surface area contributed by atoms with E-state index in [4.69, 9.17) is 0 Å². The second kappa shape index (κ2) is 3.54. The van der Waals surface area contributed by atoms with Gasteiger partial charge in [-0.25, -0.2) is 0 Å². The molecule has 0 radical (unpaired) electrons. The van der Waals surface area contributed by atoms with Crippen molar-refractivity contribution in [2.75, 3.05) is 19.6 Å². The number of hydrogen-bond acceptors (Lipinski definition) is 2. The molecular formula is C11H20N2O. The third-order valence-corrected chi connectivity index (χ3v) is 3.65. The first kappa shape index (κ1) is 9.97. The monoisotopic (exact) mass is 196 g/mol. The van der Waals surface area contributed by atoms with Crippen molar-refractivity contribution in [2.45, 2.75) is 26.7 Å². The highest BCUT2D eigenvalue weighted by atomic mass is 16.1. The summed E-state index contributed by atoms with van der Waals surface area (Å²) in [5.41, 5.74) is 0.422. The number of hydrogen-bond donors (Lipinski definition) is 2. The quantitative estimate of drug-likeness (QED) is 0.699. The molecule has 2 unspecified atom stereocenters. The van der Waals surface area contributed by atoms with Gasteiger partial charge in [0.1, 0.15) is 0 Å². The summed E-state index contributed by atoms with van der Waals surface area (Å²) in [4.78, 5) is 11.8. The summed E-state index contributed by atoms with van der Waals surface area (Å²) < 4.78 is 0. The Hall–Kier alpha value is -0.570. The summed E-state index contributed by atoms with van der Waals surface area (Å²) in [5.74, 6) is 0.926. The van der Waals surface area contributed by atoms with Crippen molar-refractivity contribution in [3.63, 3.8) is 0 Å². The van der Waals surface area contributed by atoms with E-state index in [2.05, 4.69) is 24.5 Å². The zero-order valence-electron chi connectivity index (χ0n) is 9.10. The lowest BCUT2D eigenvalue weighted by molar-refractivity contribution is -0.125. The fraction of sp³-hybridized carbons (Fsp3) is 0.909. The summed E-state index contributed by atoms with van der Waals surface area (Å²) in [6.07, 6.45) is 2.54. The maximum Gasteiger partial charge on any atom is 0.224 e. The minimum Gasteiger partial charge on any atom is -0.355 e. The van der Waals surface area contributed by atoms with Gasteiger partial charge in [0, 0.05) is 13.1 Å². The molecule has 2 N–H and O–H groups in total. The van der Waals surface area contributed by atoms with Crippen LogP contribution >= 0.6 is 0 Å². The molecule has 2 rings (SSSR count). The van der Waals surface area contributed by atoms with E-state index >= 15 is 0 Å². The van der Waals surface area contributed by atoms with Gasteiger partial charge in [-0.3, -0.25) is 4.79 Å². The third kappa shape index (κ3) is 2.08. The molecule has 1 saturated carbocycles. The average Bonchev–Trinajstić information content (AvgIpc) is 2.72. The van der Waals surface area contributed by atoms with Crippen LogP contribution in [0.15, 0.2) is 0 Å². The molecule has 0 aromatic heterocycles. The maximum absolute atomic E-state index is 11.8. The van der Waals surface area contributed by atoms with Crippen molar-refractivity contribution in [1.82, 2.24) is 10.6 Å². The Morgan fingerprint density at radius 2 is 2.21 bits per heavy atom. The van der Waals surface area contributed by atoms with Crippen molar-refractivity contribution in [3.05, 3.63) is 0 Å². The van der Waals surface area contributed by atoms with Gasteiger partial charge in [0.05, 0.1) is 5.92 Å². The standard InChI is InChI=1S/C11H20N2O/c1-8-5-12-6-9(8)10(14)13-7-11(2)3-4-11/h8-9,12H,3-7H2,1-2H3,(H,13,14). The maximum atomic E-state index is 11.8. The van der Waals surface area contributed by atoms with E-state index in [1.807, 2.05) is 0 Å². The van der Waals surface area contributed by atoms with Crippen LogP contribution in [0.1, 0.15) is 26.7 Å². The first-order valence-corrected chi connectivity index (χ1v) is 5.59. The summed E-state index contributed by atoms with van der Waals surface area (Å²) >= 11 is 0. The van der Waals surface area contributed by atoms with Gasteiger partial charge < -0.3 is 10.6 Å². The SMILES string of the molecule is CC1CNCC1C(=O)NCC1(C)CC1. The lowest BCUT2D eigenvalue weighted by Gasteiger charge is -2.16. The highest BCUT2D eigenvalue weighted by molar-refractivity contribution is 5.79. The fourth-order valence-electron chi connectivity index (χ4n) is 1.98. The van der Waals surface area contributed by atoms with Gasteiger partial charge in [-0.1, -0.05) is 13.8 Å².